The highest BCUT2D eigenvalue weighted by Gasteiger charge is 2.14. The van der Waals surface area contributed by atoms with Gasteiger partial charge in [-0.05, 0) is 61.2 Å². The molecule has 0 radical (unpaired) electrons. The molecular weight excluding hydrogens is 410 g/mol. The van der Waals surface area contributed by atoms with E-state index in [-0.39, 0.29) is 5.91 Å². The average Bonchev–Trinajstić information content (AvgIpc) is 3.32. The van der Waals surface area contributed by atoms with Crippen LogP contribution in [0.5, 0.6) is 0 Å². The van der Waals surface area contributed by atoms with Gasteiger partial charge in [0.2, 0.25) is 0 Å². The lowest BCUT2D eigenvalue weighted by Gasteiger charge is -2.11. The van der Waals surface area contributed by atoms with E-state index in [1.54, 1.807) is 49.5 Å². The van der Waals surface area contributed by atoms with Crippen LogP contribution in [0.15, 0.2) is 69.4 Å². The number of hydrogen-bond acceptors (Lipinski definition) is 6. The summed E-state index contributed by atoms with van der Waals surface area (Å²) in [7, 11) is 1.91. The minimum Gasteiger partial charge on any atom is -0.334 e. The molecular formula is C20H16ClN5O2S. The zero-order chi connectivity index (χ0) is 20.4. The lowest BCUT2D eigenvalue weighted by molar-refractivity contribution is 0.102. The van der Waals surface area contributed by atoms with Crippen LogP contribution < -0.4 is 5.32 Å². The first kappa shape index (κ1) is 19.2. The molecule has 7 nitrogen and oxygen atoms in total. The Hall–Kier alpha value is -3.10. The quantitative estimate of drug-likeness (QED) is 0.492. The smallest absolute Gasteiger partial charge is 0.257 e. The summed E-state index contributed by atoms with van der Waals surface area (Å²) in [6, 6.07) is 12.3. The third-order valence-electron chi connectivity index (χ3n) is 4.09. The Kier molecular flexibility index (Phi) is 5.37. The molecule has 0 aliphatic carbocycles. The van der Waals surface area contributed by atoms with Gasteiger partial charge in [-0.1, -0.05) is 16.8 Å². The molecule has 4 aromatic rings. The maximum absolute atomic E-state index is 12.8. The third kappa shape index (κ3) is 4.33. The van der Waals surface area contributed by atoms with E-state index in [9.17, 15) is 4.79 Å². The van der Waals surface area contributed by atoms with Crippen molar-refractivity contribution in [3.8, 4) is 11.5 Å². The van der Waals surface area contributed by atoms with Crippen LogP contribution in [0.25, 0.3) is 11.5 Å². The Morgan fingerprint density at radius 3 is 2.66 bits per heavy atom. The van der Waals surface area contributed by atoms with Gasteiger partial charge < -0.3 is 14.4 Å². The second-order valence-corrected chi connectivity index (χ2v) is 7.69. The van der Waals surface area contributed by atoms with Crippen molar-refractivity contribution in [1.82, 2.24) is 19.7 Å². The van der Waals surface area contributed by atoms with Gasteiger partial charge in [-0.25, -0.2) is 4.98 Å². The Labute approximate surface area is 176 Å². The first-order valence-electron chi connectivity index (χ1n) is 8.66. The topological polar surface area (TPSA) is 85.8 Å². The molecule has 0 saturated heterocycles. The van der Waals surface area contributed by atoms with Crippen molar-refractivity contribution in [2.24, 2.45) is 7.05 Å². The summed E-state index contributed by atoms with van der Waals surface area (Å²) in [5, 5.41) is 8.05. The van der Waals surface area contributed by atoms with Crippen molar-refractivity contribution in [3.05, 3.63) is 71.3 Å². The van der Waals surface area contributed by atoms with E-state index < -0.39 is 0 Å². The molecule has 0 aliphatic heterocycles. The van der Waals surface area contributed by atoms with Crippen LogP contribution in [0.3, 0.4) is 0 Å². The van der Waals surface area contributed by atoms with Crippen LogP contribution in [0.4, 0.5) is 5.69 Å². The molecule has 0 fully saturated rings. The number of benzene rings is 2. The molecule has 2 heterocycles. The van der Waals surface area contributed by atoms with Crippen molar-refractivity contribution in [1.29, 1.82) is 0 Å². The summed E-state index contributed by atoms with van der Waals surface area (Å²) in [4.78, 5) is 22.1. The number of rotatable bonds is 5. The fourth-order valence-corrected chi connectivity index (χ4v) is 3.65. The lowest BCUT2D eigenvalue weighted by Crippen LogP contribution is -2.12. The minimum atomic E-state index is -0.248. The predicted molar refractivity (Wildman–Crippen MR) is 111 cm³/mol. The van der Waals surface area contributed by atoms with Crippen LogP contribution in [0.2, 0.25) is 5.02 Å². The normalized spacial score (nSPS) is 10.9. The molecule has 0 spiro atoms. The molecule has 0 bridgehead atoms. The minimum absolute atomic E-state index is 0.248. The van der Waals surface area contributed by atoms with Gasteiger partial charge in [-0.2, -0.15) is 4.98 Å². The Balaban J connectivity index is 1.55. The number of anilines is 1. The van der Waals surface area contributed by atoms with Crippen LogP contribution >= 0.6 is 23.4 Å². The highest BCUT2D eigenvalue weighted by molar-refractivity contribution is 7.99. The van der Waals surface area contributed by atoms with Crippen molar-refractivity contribution in [2.45, 2.75) is 17.0 Å². The number of nitrogens with zero attached hydrogens (tertiary/aromatic N) is 4. The zero-order valence-electron chi connectivity index (χ0n) is 15.6. The van der Waals surface area contributed by atoms with Gasteiger partial charge in [0, 0.05) is 40.5 Å². The first-order valence-corrected chi connectivity index (χ1v) is 9.86. The van der Waals surface area contributed by atoms with E-state index >= 15 is 0 Å². The second-order valence-electron chi connectivity index (χ2n) is 6.24. The van der Waals surface area contributed by atoms with E-state index in [2.05, 4.69) is 20.4 Å². The number of hydrogen-bond donors (Lipinski definition) is 1. The number of imidazole rings is 1. The fraction of sp³-hybridized carbons (Fsp3) is 0.100. The third-order valence-corrected chi connectivity index (χ3v) is 5.48. The molecule has 0 saturated carbocycles. The van der Waals surface area contributed by atoms with Gasteiger partial charge in [0.1, 0.15) is 0 Å². The van der Waals surface area contributed by atoms with Gasteiger partial charge >= 0.3 is 0 Å². The molecule has 0 atom stereocenters. The standard InChI is InChI=1S/C20H16ClN5O2S/c1-12-23-19(28-25-12)14-5-3-13(4-6-14)18(27)24-16-11-15(21)7-8-17(16)29-20-22-9-10-26(20)2/h3-11H,1-2H3,(H,24,27). The second kappa shape index (κ2) is 8.10. The molecule has 4 rings (SSSR count). The molecule has 29 heavy (non-hydrogen) atoms. The summed E-state index contributed by atoms with van der Waals surface area (Å²) >= 11 is 7.59. The molecule has 2 aromatic carbocycles. The maximum atomic E-state index is 12.8. The molecule has 1 N–H and O–H groups in total. The SMILES string of the molecule is Cc1noc(-c2ccc(C(=O)Nc3cc(Cl)ccc3Sc3nccn3C)cc2)n1. The number of nitrogens with one attached hydrogen (secondary N) is 1. The molecule has 9 heteroatoms. The fourth-order valence-electron chi connectivity index (χ4n) is 2.61. The summed E-state index contributed by atoms with van der Waals surface area (Å²) in [5.41, 5.74) is 1.86. The van der Waals surface area contributed by atoms with Gasteiger partial charge in [-0.3, -0.25) is 4.79 Å². The number of amides is 1. The largest absolute Gasteiger partial charge is 0.334 e. The van der Waals surface area contributed by atoms with E-state index in [0.717, 1.165) is 15.6 Å². The van der Waals surface area contributed by atoms with E-state index in [1.807, 2.05) is 23.9 Å². The summed E-state index contributed by atoms with van der Waals surface area (Å²) in [5.74, 6) is 0.723. The Bertz CT molecular complexity index is 1170. The monoisotopic (exact) mass is 425 g/mol. The molecule has 146 valence electrons. The van der Waals surface area contributed by atoms with Crippen LogP contribution in [-0.4, -0.2) is 25.6 Å². The Morgan fingerprint density at radius 1 is 1.21 bits per heavy atom. The lowest BCUT2D eigenvalue weighted by atomic mass is 10.1. The van der Waals surface area contributed by atoms with Crippen LogP contribution in [0.1, 0.15) is 16.2 Å². The number of aromatic nitrogens is 4. The number of halogens is 1. The zero-order valence-corrected chi connectivity index (χ0v) is 17.2. The van der Waals surface area contributed by atoms with Gasteiger partial charge in [0.15, 0.2) is 11.0 Å². The molecule has 0 unspecified atom stereocenters. The predicted octanol–water partition coefficient (Wildman–Crippen LogP) is 4.84. The van der Waals surface area contributed by atoms with Gasteiger partial charge in [0.05, 0.1) is 5.69 Å². The van der Waals surface area contributed by atoms with Crippen molar-refractivity contribution < 1.29 is 9.32 Å². The van der Waals surface area contributed by atoms with Crippen LogP contribution in [-0.2, 0) is 7.05 Å². The summed E-state index contributed by atoms with van der Waals surface area (Å²) in [6.07, 6.45) is 3.59. The number of aryl methyl sites for hydroxylation is 2. The summed E-state index contributed by atoms with van der Waals surface area (Å²) in [6.45, 7) is 1.75. The molecule has 0 aliphatic rings. The highest BCUT2D eigenvalue weighted by Crippen LogP contribution is 2.34. The van der Waals surface area contributed by atoms with E-state index in [0.29, 0.717) is 28.0 Å². The van der Waals surface area contributed by atoms with E-state index in [4.69, 9.17) is 16.1 Å². The van der Waals surface area contributed by atoms with Crippen molar-refractivity contribution in [2.75, 3.05) is 5.32 Å². The van der Waals surface area contributed by atoms with Gasteiger partial charge in [-0.15, -0.1) is 0 Å². The van der Waals surface area contributed by atoms with Crippen molar-refractivity contribution >= 4 is 35.0 Å². The van der Waals surface area contributed by atoms with Crippen LogP contribution in [0, 0.1) is 6.92 Å². The van der Waals surface area contributed by atoms with Gasteiger partial charge in [0.25, 0.3) is 11.8 Å². The van der Waals surface area contributed by atoms with E-state index in [1.165, 1.54) is 11.8 Å². The average molecular weight is 426 g/mol. The maximum Gasteiger partial charge on any atom is 0.257 e. The summed E-state index contributed by atoms with van der Waals surface area (Å²) < 4.78 is 7.05. The Morgan fingerprint density at radius 2 is 2.00 bits per heavy atom. The molecule has 2 aromatic heterocycles. The van der Waals surface area contributed by atoms with Crippen molar-refractivity contribution in [3.63, 3.8) is 0 Å². The number of carbonyl (C=O) groups is 1. The molecule has 1 amide bonds. The first-order chi connectivity index (χ1) is 14.0. The highest BCUT2D eigenvalue weighted by atomic mass is 35.5. The number of carbonyl (C=O) groups excluding carboxylic acids is 1.